The molecule has 0 rings (SSSR count). The van der Waals surface area contributed by atoms with E-state index in [9.17, 15) is 5.11 Å². The van der Waals surface area contributed by atoms with Crippen molar-refractivity contribution in [3.63, 3.8) is 0 Å². The van der Waals surface area contributed by atoms with Gasteiger partial charge in [0.05, 0.1) is 12.7 Å². The van der Waals surface area contributed by atoms with Gasteiger partial charge in [-0.1, -0.05) is 0 Å². The molecule has 3 atom stereocenters. The Balaban J connectivity index is 3.91. The lowest BCUT2D eigenvalue weighted by Gasteiger charge is -2.24. The normalized spacial score (nSPS) is 16.8. The van der Waals surface area contributed by atoms with Crippen molar-refractivity contribution in [2.24, 2.45) is 11.5 Å². The molecule has 0 spiro atoms. The summed E-state index contributed by atoms with van der Waals surface area (Å²) < 4.78 is 0. The van der Waals surface area contributed by atoms with Gasteiger partial charge in [-0.15, -0.1) is 0 Å². The zero-order valence-corrected chi connectivity index (χ0v) is 11.3. The maximum absolute atomic E-state index is 9.29. The molecule has 0 aromatic carbocycles. The first-order valence-corrected chi connectivity index (χ1v) is 6.66. The molecule has 3 unspecified atom stereocenters. The van der Waals surface area contributed by atoms with Crippen LogP contribution in [0.1, 0.15) is 32.6 Å². The van der Waals surface area contributed by atoms with E-state index in [2.05, 4.69) is 4.90 Å². The molecule has 0 bridgehead atoms. The highest BCUT2D eigenvalue weighted by Crippen LogP contribution is 2.03. The smallest absolute Gasteiger partial charge is 0.102 e. The molecule has 6 heteroatoms. The van der Waals surface area contributed by atoms with Crippen LogP contribution in [0.5, 0.6) is 0 Å². The quantitative estimate of drug-likeness (QED) is 0.300. The van der Waals surface area contributed by atoms with Gasteiger partial charge in [0, 0.05) is 12.6 Å². The molecule has 7 N–H and O–H groups in total. The summed E-state index contributed by atoms with van der Waals surface area (Å²) in [4.78, 5) is 2.19. The second-order valence-electron chi connectivity index (χ2n) is 4.92. The van der Waals surface area contributed by atoms with Crippen molar-refractivity contribution in [3.05, 3.63) is 0 Å². The van der Waals surface area contributed by atoms with Crippen LogP contribution in [0, 0.1) is 0 Å². The van der Waals surface area contributed by atoms with Crippen LogP contribution in [-0.4, -0.2) is 64.8 Å². The highest BCUT2D eigenvalue weighted by molar-refractivity contribution is 4.66. The van der Waals surface area contributed by atoms with Crippen LogP contribution < -0.4 is 11.5 Å². The molecule has 0 amide bonds. The number of nitrogens with two attached hydrogens (primary N) is 2. The third kappa shape index (κ3) is 10.9. The van der Waals surface area contributed by atoms with Crippen LogP contribution in [0.15, 0.2) is 0 Å². The Morgan fingerprint density at radius 3 is 2.11 bits per heavy atom. The summed E-state index contributed by atoms with van der Waals surface area (Å²) >= 11 is 0. The fraction of sp³-hybridized carbons (Fsp3) is 1.00. The van der Waals surface area contributed by atoms with E-state index in [1.54, 1.807) is 6.92 Å². The fourth-order valence-corrected chi connectivity index (χ4v) is 1.67. The predicted molar refractivity (Wildman–Crippen MR) is 71.8 cm³/mol. The second-order valence-corrected chi connectivity index (χ2v) is 4.92. The number of hydrogen-bond acceptors (Lipinski definition) is 6. The summed E-state index contributed by atoms with van der Waals surface area (Å²) in [7, 11) is 0. The summed E-state index contributed by atoms with van der Waals surface area (Å²) in [5, 5.41) is 27.2. The van der Waals surface area contributed by atoms with Crippen molar-refractivity contribution in [1.82, 2.24) is 4.90 Å². The van der Waals surface area contributed by atoms with Crippen molar-refractivity contribution >= 4 is 0 Å². The SMILES string of the molecule is CC(O)CCN(CCCC(N)O)CCC(N)CO. The maximum Gasteiger partial charge on any atom is 0.102 e. The molecule has 110 valence electrons. The molecule has 0 heterocycles. The summed E-state index contributed by atoms with van der Waals surface area (Å²) in [6.07, 6.45) is 1.73. The van der Waals surface area contributed by atoms with Gasteiger partial charge in [0.15, 0.2) is 0 Å². The third-order valence-electron chi connectivity index (χ3n) is 2.89. The van der Waals surface area contributed by atoms with Gasteiger partial charge >= 0.3 is 0 Å². The van der Waals surface area contributed by atoms with Crippen LogP contribution in [0.3, 0.4) is 0 Å². The molecule has 0 aromatic heterocycles. The van der Waals surface area contributed by atoms with Crippen LogP contribution in [0.25, 0.3) is 0 Å². The molecule has 0 radical (unpaired) electrons. The van der Waals surface area contributed by atoms with Gasteiger partial charge in [-0.05, 0) is 45.7 Å². The van der Waals surface area contributed by atoms with Crippen molar-refractivity contribution in [1.29, 1.82) is 0 Å². The minimum atomic E-state index is -0.761. The molecule has 0 saturated heterocycles. The third-order valence-corrected chi connectivity index (χ3v) is 2.89. The van der Waals surface area contributed by atoms with E-state index in [0.717, 1.165) is 32.5 Å². The number of rotatable bonds is 11. The van der Waals surface area contributed by atoms with Gasteiger partial charge in [0.1, 0.15) is 6.23 Å². The Bertz CT molecular complexity index is 191. The van der Waals surface area contributed by atoms with E-state index in [1.165, 1.54) is 0 Å². The molecule has 0 saturated carbocycles. The maximum atomic E-state index is 9.29. The van der Waals surface area contributed by atoms with E-state index in [1.807, 2.05) is 0 Å². The van der Waals surface area contributed by atoms with Gasteiger partial charge in [-0.3, -0.25) is 0 Å². The lowest BCUT2D eigenvalue weighted by Crippen LogP contribution is -2.35. The van der Waals surface area contributed by atoms with E-state index in [0.29, 0.717) is 12.8 Å². The largest absolute Gasteiger partial charge is 0.395 e. The van der Waals surface area contributed by atoms with Gasteiger partial charge < -0.3 is 31.7 Å². The zero-order chi connectivity index (χ0) is 14.0. The van der Waals surface area contributed by atoms with Gasteiger partial charge in [0.25, 0.3) is 0 Å². The Morgan fingerprint density at radius 2 is 1.61 bits per heavy atom. The van der Waals surface area contributed by atoms with Crippen LogP contribution in [0.2, 0.25) is 0 Å². The Morgan fingerprint density at radius 1 is 1.00 bits per heavy atom. The van der Waals surface area contributed by atoms with Gasteiger partial charge in [-0.25, -0.2) is 0 Å². The zero-order valence-electron chi connectivity index (χ0n) is 11.3. The number of aliphatic hydroxyl groups is 3. The first-order chi connectivity index (χ1) is 8.45. The fourth-order valence-electron chi connectivity index (χ4n) is 1.67. The minimum absolute atomic E-state index is 0.00818. The number of hydrogen-bond donors (Lipinski definition) is 5. The molecular weight excluding hydrogens is 234 g/mol. The standard InChI is InChI=1S/C12H29N3O3/c1-10(17)4-7-15(6-2-3-12(14)18)8-5-11(13)9-16/h10-12,16-18H,2-9,13-14H2,1H3. The van der Waals surface area contributed by atoms with Crippen molar-refractivity contribution < 1.29 is 15.3 Å². The topological polar surface area (TPSA) is 116 Å². The monoisotopic (exact) mass is 263 g/mol. The molecular formula is C12H29N3O3. The molecule has 0 aliphatic carbocycles. The van der Waals surface area contributed by atoms with Crippen LogP contribution in [0.4, 0.5) is 0 Å². The van der Waals surface area contributed by atoms with Crippen molar-refractivity contribution in [2.45, 2.75) is 51.0 Å². The lowest BCUT2D eigenvalue weighted by molar-refractivity contribution is 0.139. The van der Waals surface area contributed by atoms with Crippen molar-refractivity contribution in [2.75, 3.05) is 26.2 Å². The lowest BCUT2D eigenvalue weighted by atomic mass is 10.2. The Labute approximate surface area is 110 Å². The predicted octanol–water partition coefficient (Wildman–Crippen LogP) is -1.17. The van der Waals surface area contributed by atoms with E-state index < -0.39 is 6.23 Å². The minimum Gasteiger partial charge on any atom is -0.395 e. The number of nitrogens with zero attached hydrogens (tertiary/aromatic N) is 1. The highest BCUT2D eigenvalue weighted by Gasteiger charge is 2.09. The summed E-state index contributed by atoms with van der Waals surface area (Å²) in [5.74, 6) is 0. The first-order valence-electron chi connectivity index (χ1n) is 6.66. The first kappa shape index (κ1) is 17.8. The molecule has 0 fully saturated rings. The summed E-state index contributed by atoms with van der Waals surface area (Å²) in [6, 6.07) is -0.195. The van der Waals surface area contributed by atoms with E-state index in [4.69, 9.17) is 21.7 Å². The van der Waals surface area contributed by atoms with Crippen LogP contribution in [-0.2, 0) is 0 Å². The molecule has 18 heavy (non-hydrogen) atoms. The van der Waals surface area contributed by atoms with Gasteiger partial charge in [0.2, 0.25) is 0 Å². The molecule has 0 aliphatic rings. The van der Waals surface area contributed by atoms with Crippen LogP contribution >= 0.6 is 0 Å². The highest BCUT2D eigenvalue weighted by atomic mass is 16.3. The second kappa shape index (κ2) is 10.7. The molecule has 0 aliphatic heterocycles. The Hall–Kier alpha value is -0.240. The molecule has 6 nitrogen and oxygen atoms in total. The molecule has 0 aromatic rings. The average Bonchev–Trinajstić information content (AvgIpc) is 2.30. The summed E-state index contributed by atoms with van der Waals surface area (Å²) in [6.45, 7) is 4.15. The van der Waals surface area contributed by atoms with E-state index in [-0.39, 0.29) is 18.8 Å². The Kier molecular flexibility index (Phi) is 10.5. The van der Waals surface area contributed by atoms with Crippen molar-refractivity contribution in [3.8, 4) is 0 Å². The number of aliphatic hydroxyl groups excluding tert-OH is 3. The van der Waals surface area contributed by atoms with Gasteiger partial charge in [-0.2, -0.15) is 0 Å². The van der Waals surface area contributed by atoms with E-state index >= 15 is 0 Å². The summed E-state index contributed by atoms with van der Waals surface area (Å²) in [5.41, 5.74) is 11.0. The average molecular weight is 263 g/mol.